The van der Waals surface area contributed by atoms with Crippen LogP contribution in [0.5, 0.6) is 5.75 Å². The van der Waals surface area contributed by atoms with E-state index in [-0.39, 0.29) is 0 Å². The molecule has 0 amide bonds. The number of benzene rings is 1. The summed E-state index contributed by atoms with van der Waals surface area (Å²) in [4.78, 5) is 0. The van der Waals surface area contributed by atoms with Crippen molar-refractivity contribution in [3.63, 3.8) is 0 Å². The predicted molar refractivity (Wildman–Crippen MR) is 88.3 cm³/mol. The average Bonchev–Trinajstić information content (AvgIpc) is 2.83. The Morgan fingerprint density at radius 2 is 2.05 bits per heavy atom. The second kappa shape index (κ2) is 6.36. The fraction of sp³-hybridized carbons (Fsp3) is 0.647. The first-order valence-corrected chi connectivity index (χ1v) is 8.64. The Balaban J connectivity index is 1.68. The van der Waals surface area contributed by atoms with Crippen molar-refractivity contribution in [2.75, 3.05) is 6.61 Å². The number of hydrogen-bond acceptors (Lipinski definition) is 2. The molecule has 2 aliphatic rings. The minimum Gasteiger partial charge on any atom is -0.493 e. The molecule has 1 aromatic rings. The largest absolute Gasteiger partial charge is 0.493 e. The summed E-state index contributed by atoms with van der Waals surface area (Å²) < 4.78 is 6.03. The van der Waals surface area contributed by atoms with Gasteiger partial charge in [-0.2, -0.15) is 0 Å². The van der Waals surface area contributed by atoms with Gasteiger partial charge in [0.15, 0.2) is 0 Å². The summed E-state index contributed by atoms with van der Waals surface area (Å²) >= 11 is 12.0. The highest BCUT2D eigenvalue weighted by atomic mass is 35.5. The van der Waals surface area contributed by atoms with Gasteiger partial charge < -0.3 is 10.1 Å². The van der Waals surface area contributed by atoms with Gasteiger partial charge >= 0.3 is 0 Å². The number of rotatable bonds is 4. The van der Waals surface area contributed by atoms with Crippen LogP contribution in [0.3, 0.4) is 0 Å². The van der Waals surface area contributed by atoms with E-state index in [0.717, 1.165) is 24.3 Å². The van der Waals surface area contributed by atoms with Crippen molar-refractivity contribution in [3.05, 3.63) is 28.2 Å². The lowest BCUT2D eigenvalue weighted by atomic mass is 9.75. The second-order valence-corrected chi connectivity index (χ2v) is 7.56. The lowest BCUT2D eigenvalue weighted by Crippen LogP contribution is -2.49. The van der Waals surface area contributed by atoms with Crippen LogP contribution < -0.4 is 10.1 Å². The minimum atomic E-state index is 0.553. The van der Waals surface area contributed by atoms with Gasteiger partial charge in [-0.1, -0.05) is 37.0 Å². The maximum absolute atomic E-state index is 6.05. The van der Waals surface area contributed by atoms with Gasteiger partial charge in [-0.05, 0) is 43.2 Å². The number of ether oxygens (including phenoxy) is 1. The Kier molecular flexibility index (Phi) is 4.68. The van der Waals surface area contributed by atoms with E-state index in [1.807, 2.05) is 12.1 Å². The van der Waals surface area contributed by atoms with Crippen LogP contribution in [-0.2, 0) is 0 Å². The minimum absolute atomic E-state index is 0.553. The van der Waals surface area contributed by atoms with Crippen molar-refractivity contribution < 1.29 is 4.74 Å². The molecule has 0 spiro atoms. The van der Waals surface area contributed by atoms with Gasteiger partial charge in [0.2, 0.25) is 0 Å². The van der Waals surface area contributed by atoms with Crippen LogP contribution in [0.1, 0.15) is 33.1 Å². The van der Waals surface area contributed by atoms with Crippen molar-refractivity contribution in [1.82, 2.24) is 5.32 Å². The first-order chi connectivity index (χ1) is 10.0. The van der Waals surface area contributed by atoms with Crippen LogP contribution in [0.2, 0.25) is 10.0 Å². The molecule has 4 heteroatoms. The Morgan fingerprint density at radius 1 is 1.24 bits per heavy atom. The maximum Gasteiger partial charge on any atom is 0.120 e. The van der Waals surface area contributed by atoms with E-state index in [9.17, 15) is 0 Å². The van der Waals surface area contributed by atoms with Gasteiger partial charge in [0, 0.05) is 24.1 Å². The van der Waals surface area contributed by atoms with E-state index >= 15 is 0 Å². The first-order valence-electron chi connectivity index (χ1n) is 7.88. The molecule has 2 heterocycles. The van der Waals surface area contributed by atoms with E-state index < -0.39 is 0 Å². The fourth-order valence-corrected chi connectivity index (χ4v) is 4.23. The Bertz CT molecular complexity index is 506. The van der Waals surface area contributed by atoms with E-state index in [0.29, 0.717) is 27.9 Å². The highest BCUT2D eigenvalue weighted by Crippen LogP contribution is 2.40. The van der Waals surface area contributed by atoms with Crippen LogP contribution in [0.25, 0.3) is 0 Å². The molecule has 2 aliphatic heterocycles. The molecular formula is C17H23Cl2NO. The van der Waals surface area contributed by atoms with Gasteiger partial charge in [-0.3, -0.25) is 0 Å². The molecule has 1 N–H and O–H groups in total. The monoisotopic (exact) mass is 327 g/mol. The summed E-state index contributed by atoms with van der Waals surface area (Å²) in [5.41, 5.74) is 0. The van der Waals surface area contributed by atoms with Crippen molar-refractivity contribution in [2.24, 2.45) is 17.8 Å². The van der Waals surface area contributed by atoms with Crippen LogP contribution in [0, 0.1) is 17.8 Å². The van der Waals surface area contributed by atoms with Crippen LogP contribution in [0.15, 0.2) is 18.2 Å². The first kappa shape index (κ1) is 15.5. The van der Waals surface area contributed by atoms with Crippen molar-refractivity contribution >= 4 is 23.2 Å². The quantitative estimate of drug-likeness (QED) is 0.858. The summed E-state index contributed by atoms with van der Waals surface area (Å²) in [5, 5.41) is 4.88. The zero-order valence-electron chi connectivity index (χ0n) is 12.6. The lowest BCUT2D eigenvalue weighted by molar-refractivity contribution is 0.0934. The number of fused-ring (bicyclic) bond motifs is 2. The molecule has 2 fully saturated rings. The molecule has 0 aromatic heterocycles. The van der Waals surface area contributed by atoms with E-state index in [2.05, 4.69) is 19.2 Å². The van der Waals surface area contributed by atoms with Gasteiger partial charge in [0.1, 0.15) is 5.75 Å². The molecular weight excluding hydrogens is 305 g/mol. The number of nitrogens with one attached hydrogen (secondary N) is 1. The predicted octanol–water partition coefficient (Wildman–Crippen LogP) is 4.78. The second-order valence-electron chi connectivity index (χ2n) is 6.74. The molecule has 3 rings (SSSR count). The summed E-state index contributed by atoms with van der Waals surface area (Å²) in [6, 6.07) is 6.83. The van der Waals surface area contributed by atoms with Crippen LogP contribution >= 0.6 is 23.2 Å². The molecule has 21 heavy (non-hydrogen) atoms. The molecule has 2 bridgehead atoms. The molecule has 0 aliphatic carbocycles. The topological polar surface area (TPSA) is 21.3 Å². The summed E-state index contributed by atoms with van der Waals surface area (Å²) in [6.45, 7) is 5.42. The summed E-state index contributed by atoms with van der Waals surface area (Å²) in [5.74, 6) is 2.84. The molecule has 2 nitrogen and oxygen atoms in total. The van der Waals surface area contributed by atoms with Gasteiger partial charge in [-0.25, -0.2) is 0 Å². The third-order valence-corrected chi connectivity index (χ3v) is 5.83. The van der Waals surface area contributed by atoms with E-state index in [1.165, 1.54) is 19.3 Å². The van der Waals surface area contributed by atoms with Gasteiger partial charge in [0.25, 0.3) is 0 Å². The van der Waals surface area contributed by atoms with Crippen LogP contribution in [-0.4, -0.2) is 18.7 Å². The van der Waals surface area contributed by atoms with E-state index in [1.54, 1.807) is 6.07 Å². The molecule has 0 radical (unpaired) electrons. The Hall–Kier alpha value is -0.440. The summed E-state index contributed by atoms with van der Waals surface area (Å²) in [6.07, 6.45) is 3.88. The highest BCUT2D eigenvalue weighted by Gasteiger charge is 2.42. The van der Waals surface area contributed by atoms with Crippen molar-refractivity contribution in [1.29, 1.82) is 0 Å². The molecule has 4 unspecified atom stereocenters. The normalized spacial score (nSPS) is 31.7. The number of halogens is 2. The Labute approximate surface area is 137 Å². The third kappa shape index (κ3) is 3.33. The zero-order chi connectivity index (χ0) is 15.0. The molecule has 0 saturated carbocycles. The standard InChI is InChI=1S/C17H23Cl2NO/c1-10(2)13-7-11-3-6-17(20-11)14(13)9-21-12-4-5-15(18)16(19)8-12/h4-5,8,10-11,13-14,17,20H,3,6-7,9H2,1-2H3. The van der Waals surface area contributed by atoms with Crippen molar-refractivity contribution in [3.8, 4) is 5.75 Å². The van der Waals surface area contributed by atoms with E-state index in [4.69, 9.17) is 27.9 Å². The SMILES string of the molecule is CC(C)C1CC2CCC(N2)C1COc1ccc(Cl)c(Cl)c1. The smallest absolute Gasteiger partial charge is 0.120 e. The molecule has 2 saturated heterocycles. The van der Waals surface area contributed by atoms with Gasteiger partial charge in [0.05, 0.1) is 16.7 Å². The molecule has 1 aromatic carbocycles. The number of piperidine rings is 1. The Morgan fingerprint density at radius 3 is 2.76 bits per heavy atom. The molecule has 4 atom stereocenters. The van der Waals surface area contributed by atoms with Crippen LogP contribution in [0.4, 0.5) is 0 Å². The zero-order valence-corrected chi connectivity index (χ0v) is 14.1. The number of hydrogen-bond donors (Lipinski definition) is 1. The summed E-state index contributed by atoms with van der Waals surface area (Å²) in [7, 11) is 0. The van der Waals surface area contributed by atoms with Gasteiger partial charge in [-0.15, -0.1) is 0 Å². The fourth-order valence-electron chi connectivity index (χ4n) is 3.94. The lowest BCUT2D eigenvalue weighted by Gasteiger charge is -2.39. The third-order valence-electron chi connectivity index (χ3n) is 5.09. The maximum atomic E-state index is 6.05. The molecule has 116 valence electrons. The highest BCUT2D eigenvalue weighted by molar-refractivity contribution is 6.42. The van der Waals surface area contributed by atoms with Crippen molar-refractivity contribution in [2.45, 2.75) is 45.2 Å². The average molecular weight is 328 g/mol.